The summed E-state index contributed by atoms with van der Waals surface area (Å²) in [7, 11) is 0. The van der Waals surface area contributed by atoms with E-state index in [1.807, 2.05) is 26.8 Å². The highest BCUT2D eigenvalue weighted by atomic mass is 19.1. The second-order valence-corrected chi connectivity index (χ2v) is 6.40. The molecule has 2 rings (SSSR count). The maximum absolute atomic E-state index is 13.8. The average molecular weight is 281 g/mol. The minimum atomic E-state index is -0.693. The molecule has 0 aromatic heterocycles. The highest BCUT2D eigenvalue weighted by Gasteiger charge is 2.32. The lowest BCUT2D eigenvalue weighted by Gasteiger charge is -2.43. The van der Waals surface area contributed by atoms with Crippen LogP contribution in [0.25, 0.3) is 0 Å². The molecule has 0 radical (unpaired) electrons. The van der Waals surface area contributed by atoms with E-state index in [-0.39, 0.29) is 17.5 Å². The highest BCUT2D eigenvalue weighted by Crippen LogP contribution is 2.33. The van der Waals surface area contributed by atoms with Crippen molar-refractivity contribution in [2.24, 2.45) is 0 Å². The van der Waals surface area contributed by atoms with E-state index in [1.54, 1.807) is 13.8 Å². The topological polar surface area (TPSA) is 32.7 Å². The van der Waals surface area contributed by atoms with Crippen LogP contribution in [0.1, 0.15) is 44.9 Å². The van der Waals surface area contributed by atoms with Gasteiger partial charge < -0.3 is 14.7 Å². The molecule has 0 spiro atoms. The van der Waals surface area contributed by atoms with Crippen molar-refractivity contribution in [2.45, 2.75) is 52.4 Å². The van der Waals surface area contributed by atoms with Crippen molar-refractivity contribution in [3.05, 3.63) is 29.1 Å². The lowest BCUT2D eigenvalue weighted by Crippen LogP contribution is -2.52. The smallest absolute Gasteiger partial charge is 0.126 e. The summed E-state index contributed by atoms with van der Waals surface area (Å²) in [5, 5.41) is 9.92. The van der Waals surface area contributed by atoms with Gasteiger partial charge in [0.15, 0.2) is 0 Å². The molecule has 1 aliphatic heterocycles. The summed E-state index contributed by atoms with van der Waals surface area (Å²) >= 11 is 0. The zero-order chi connectivity index (χ0) is 15.1. The minimum absolute atomic E-state index is 0.103. The molecule has 2 atom stereocenters. The molecule has 2 unspecified atom stereocenters. The number of ether oxygens (including phenoxy) is 1. The third-order valence-electron chi connectivity index (χ3n) is 3.67. The molecule has 1 aromatic rings. The molecule has 0 amide bonds. The number of aryl methyl sites for hydroxylation is 1. The summed E-state index contributed by atoms with van der Waals surface area (Å²) in [6.45, 7) is 11.0. The normalized spacial score (nSPS) is 23.8. The van der Waals surface area contributed by atoms with Gasteiger partial charge in [0, 0.05) is 24.3 Å². The van der Waals surface area contributed by atoms with E-state index < -0.39 is 6.10 Å². The zero-order valence-electron chi connectivity index (χ0n) is 12.9. The van der Waals surface area contributed by atoms with Crippen molar-refractivity contribution in [1.29, 1.82) is 0 Å². The zero-order valence-corrected chi connectivity index (χ0v) is 12.9. The first kappa shape index (κ1) is 15.3. The molecule has 1 saturated heterocycles. The lowest BCUT2D eigenvalue weighted by atomic mass is 10.00. The van der Waals surface area contributed by atoms with Crippen LogP contribution < -0.4 is 4.90 Å². The summed E-state index contributed by atoms with van der Waals surface area (Å²) < 4.78 is 19.7. The van der Waals surface area contributed by atoms with Gasteiger partial charge in [-0.2, -0.15) is 0 Å². The average Bonchev–Trinajstić information content (AvgIpc) is 2.29. The molecule has 4 heteroatoms. The van der Waals surface area contributed by atoms with Gasteiger partial charge in [-0.15, -0.1) is 0 Å². The molecule has 20 heavy (non-hydrogen) atoms. The van der Waals surface area contributed by atoms with Crippen LogP contribution in [-0.4, -0.2) is 29.9 Å². The van der Waals surface area contributed by atoms with Crippen LogP contribution in [-0.2, 0) is 4.74 Å². The molecular weight excluding hydrogens is 257 g/mol. The van der Waals surface area contributed by atoms with Gasteiger partial charge in [-0.1, -0.05) is 0 Å². The number of hydrogen-bond acceptors (Lipinski definition) is 3. The van der Waals surface area contributed by atoms with Gasteiger partial charge in [-0.25, -0.2) is 4.39 Å². The maximum Gasteiger partial charge on any atom is 0.126 e. The monoisotopic (exact) mass is 281 g/mol. The van der Waals surface area contributed by atoms with Crippen molar-refractivity contribution in [3.63, 3.8) is 0 Å². The van der Waals surface area contributed by atoms with Gasteiger partial charge in [0.2, 0.25) is 0 Å². The molecule has 1 fully saturated rings. The molecule has 1 N–H and O–H groups in total. The van der Waals surface area contributed by atoms with E-state index in [0.717, 1.165) is 18.8 Å². The van der Waals surface area contributed by atoms with E-state index in [9.17, 15) is 9.50 Å². The first-order chi connectivity index (χ1) is 9.19. The van der Waals surface area contributed by atoms with Crippen molar-refractivity contribution < 1.29 is 14.2 Å². The Labute approximate surface area is 120 Å². The molecule has 3 nitrogen and oxygen atoms in total. The van der Waals surface area contributed by atoms with Gasteiger partial charge in [0.1, 0.15) is 5.82 Å². The Morgan fingerprint density at radius 2 is 2.10 bits per heavy atom. The molecular formula is C16H24FNO2. The number of morpholine rings is 1. The summed E-state index contributed by atoms with van der Waals surface area (Å²) in [5.74, 6) is -0.273. The van der Waals surface area contributed by atoms with Crippen LogP contribution in [0.4, 0.5) is 10.1 Å². The van der Waals surface area contributed by atoms with Crippen molar-refractivity contribution in [3.8, 4) is 0 Å². The molecule has 0 aliphatic carbocycles. The third kappa shape index (κ3) is 3.13. The van der Waals surface area contributed by atoms with E-state index in [1.165, 1.54) is 6.07 Å². The molecule has 112 valence electrons. The number of aliphatic hydroxyl groups excluding tert-OH is 1. The van der Waals surface area contributed by atoms with Crippen molar-refractivity contribution in [1.82, 2.24) is 0 Å². The number of anilines is 1. The van der Waals surface area contributed by atoms with Gasteiger partial charge >= 0.3 is 0 Å². The summed E-state index contributed by atoms with van der Waals surface area (Å²) in [4.78, 5) is 2.18. The Kier molecular flexibility index (Phi) is 4.07. The summed E-state index contributed by atoms with van der Waals surface area (Å²) in [6, 6.07) is 3.27. The molecule has 0 saturated carbocycles. The standard InChI is InChI=1S/C16H24FNO2/c1-10-6-15(13(12(3)19)7-14(10)17)18-8-11(2)20-16(4,5)9-18/h6-7,11-12,19H,8-9H2,1-5H3. The van der Waals surface area contributed by atoms with Gasteiger partial charge in [0.25, 0.3) is 0 Å². The second kappa shape index (κ2) is 5.34. The Hall–Kier alpha value is -1.13. The van der Waals surface area contributed by atoms with Crippen molar-refractivity contribution in [2.75, 3.05) is 18.0 Å². The van der Waals surface area contributed by atoms with E-state index in [2.05, 4.69) is 4.90 Å². The van der Waals surface area contributed by atoms with Crippen LogP contribution in [0.3, 0.4) is 0 Å². The molecule has 0 bridgehead atoms. The summed E-state index contributed by atoms with van der Waals surface area (Å²) in [5.41, 5.74) is 1.89. The number of benzene rings is 1. The van der Waals surface area contributed by atoms with Gasteiger partial charge in [-0.05, 0) is 52.3 Å². The van der Waals surface area contributed by atoms with E-state index in [0.29, 0.717) is 11.1 Å². The number of hydrogen-bond donors (Lipinski definition) is 1. The largest absolute Gasteiger partial charge is 0.389 e. The fraction of sp³-hybridized carbons (Fsp3) is 0.625. The van der Waals surface area contributed by atoms with Gasteiger partial charge in [-0.3, -0.25) is 0 Å². The van der Waals surface area contributed by atoms with Crippen LogP contribution >= 0.6 is 0 Å². The number of rotatable bonds is 2. The summed E-state index contributed by atoms with van der Waals surface area (Å²) in [6.07, 6.45) is -0.590. The van der Waals surface area contributed by atoms with Gasteiger partial charge in [0.05, 0.1) is 17.8 Å². The lowest BCUT2D eigenvalue weighted by molar-refractivity contribution is -0.0750. The predicted octanol–water partition coefficient (Wildman–Crippen LogP) is 3.19. The first-order valence-electron chi connectivity index (χ1n) is 7.10. The fourth-order valence-electron chi connectivity index (χ4n) is 2.93. The van der Waals surface area contributed by atoms with Crippen molar-refractivity contribution >= 4 is 5.69 Å². The Morgan fingerprint density at radius 3 is 2.65 bits per heavy atom. The minimum Gasteiger partial charge on any atom is -0.389 e. The van der Waals surface area contributed by atoms with E-state index >= 15 is 0 Å². The highest BCUT2D eigenvalue weighted by molar-refractivity contribution is 5.57. The number of nitrogens with zero attached hydrogens (tertiary/aromatic N) is 1. The molecule has 1 aromatic carbocycles. The Bertz CT molecular complexity index is 499. The molecule has 1 aliphatic rings. The van der Waals surface area contributed by atoms with Crippen LogP contribution in [0, 0.1) is 12.7 Å². The quantitative estimate of drug-likeness (QED) is 0.903. The SMILES string of the molecule is Cc1cc(N2CC(C)OC(C)(C)C2)c(C(C)O)cc1F. The predicted molar refractivity (Wildman–Crippen MR) is 78.6 cm³/mol. The van der Waals surface area contributed by atoms with E-state index in [4.69, 9.17) is 4.74 Å². The second-order valence-electron chi connectivity index (χ2n) is 6.40. The Morgan fingerprint density at radius 1 is 1.45 bits per heavy atom. The fourth-order valence-corrected chi connectivity index (χ4v) is 2.93. The first-order valence-corrected chi connectivity index (χ1v) is 7.10. The molecule has 1 heterocycles. The van der Waals surface area contributed by atoms with Crippen LogP contribution in [0.2, 0.25) is 0 Å². The third-order valence-corrected chi connectivity index (χ3v) is 3.67. The Balaban J connectivity index is 2.43. The number of aliphatic hydroxyl groups is 1. The maximum atomic E-state index is 13.8. The van der Waals surface area contributed by atoms with Crippen LogP contribution in [0.5, 0.6) is 0 Å². The van der Waals surface area contributed by atoms with Crippen LogP contribution in [0.15, 0.2) is 12.1 Å². The number of halogens is 1.